The van der Waals surface area contributed by atoms with Crippen molar-refractivity contribution in [3.8, 4) is 0 Å². The molecule has 8 heteroatoms. The van der Waals surface area contributed by atoms with E-state index in [2.05, 4.69) is 39.9 Å². The average molecular weight is 468 g/mol. The molecule has 4 aromatic rings. The molecule has 0 saturated heterocycles. The lowest BCUT2D eigenvalue weighted by molar-refractivity contribution is -0.123. The molecule has 0 radical (unpaired) electrons. The van der Waals surface area contributed by atoms with E-state index in [-0.39, 0.29) is 11.3 Å². The molecule has 0 saturated carbocycles. The Labute approximate surface area is 202 Å². The predicted molar refractivity (Wildman–Crippen MR) is 135 cm³/mol. The van der Waals surface area contributed by atoms with Crippen molar-refractivity contribution in [2.45, 2.75) is 25.8 Å². The largest absolute Gasteiger partial charge is 0.335 e. The Hall–Kier alpha value is -4.59. The van der Waals surface area contributed by atoms with Crippen LogP contribution in [-0.2, 0) is 4.79 Å². The van der Waals surface area contributed by atoms with E-state index >= 15 is 0 Å². The van der Waals surface area contributed by atoms with Gasteiger partial charge in [0.25, 0.3) is 17.4 Å². The predicted octanol–water partition coefficient (Wildman–Crippen LogP) is 3.67. The van der Waals surface area contributed by atoms with Gasteiger partial charge in [0.2, 0.25) is 0 Å². The van der Waals surface area contributed by atoms with Gasteiger partial charge in [0.05, 0.1) is 11.6 Å². The number of hydrogen-bond acceptors (Lipinski definition) is 5. The second-order valence-corrected chi connectivity index (χ2v) is 8.31. The lowest BCUT2D eigenvalue weighted by Gasteiger charge is -2.18. The Morgan fingerprint density at radius 1 is 0.914 bits per heavy atom. The van der Waals surface area contributed by atoms with Gasteiger partial charge in [0.1, 0.15) is 5.69 Å². The van der Waals surface area contributed by atoms with Crippen LogP contribution in [0.15, 0.2) is 88.8 Å². The molecule has 3 N–H and O–H groups in total. The Morgan fingerprint density at radius 2 is 1.57 bits per heavy atom. The Morgan fingerprint density at radius 3 is 2.26 bits per heavy atom. The molecule has 3 aromatic carbocycles. The number of aromatic nitrogens is 2. The second-order valence-electron chi connectivity index (χ2n) is 8.31. The molecule has 0 aliphatic carbocycles. The number of hydrazone groups is 1. The topological polar surface area (TPSA) is 116 Å². The number of nitrogens with one attached hydrogen (secondary N) is 3. The smallest absolute Gasteiger partial charge is 0.272 e. The summed E-state index contributed by atoms with van der Waals surface area (Å²) in [6.45, 7) is 4.23. The van der Waals surface area contributed by atoms with Crippen LogP contribution in [0.1, 0.15) is 53.0 Å². The average Bonchev–Trinajstić information content (AvgIpc) is 2.88. The molecule has 0 bridgehead atoms. The molecule has 1 heterocycles. The second kappa shape index (κ2) is 10.6. The van der Waals surface area contributed by atoms with E-state index in [0.29, 0.717) is 22.3 Å². The highest BCUT2D eigenvalue weighted by Gasteiger charge is 2.27. The normalized spacial score (nSPS) is 12.1. The standard InChI is InChI=1S/C27H25N5O3/c1-17(2)19-14-12-18(13-15-19)16-28-31-27(35)24(29-25(33)20-8-4-3-5-9-20)23-21-10-6-7-11-22(21)26(34)32-30-23/h3-17,24H,1-2H3,(H,29,33)(H,31,35)(H,32,34)/b28-16+/t24-/m1/s1. The van der Waals surface area contributed by atoms with Crippen molar-refractivity contribution in [1.82, 2.24) is 20.9 Å². The summed E-state index contributed by atoms with van der Waals surface area (Å²) in [5.74, 6) is -0.653. The quantitative estimate of drug-likeness (QED) is 0.284. The Balaban J connectivity index is 1.62. The summed E-state index contributed by atoms with van der Waals surface area (Å²) in [6, 6.07) is 21.9. The number of H-pyrrole nitrogens is 1. The molecule has 1 aromatic heterocycles. The summed E-state index contributed by atoms with van der Waals surface area (Å²) in [7, 11) is 0. The third kappa shape index (κ3) is 5.50. The van der Waals surface area contributed by atoms with Crippen LogP contribution < -0.4 is 16.3 Å². The van der Waals surface area contributed by atoms with E-state index in [1.165, 1.54) is 11.8 Å². The van der Waals surface area contributed by atoms with E-state index < -0.39 is 17.9 Å². The molecule has 0 spiro atoms. The SMILES string of the molecule is CC(C)c1ccc(/C=N/NC(=O)[C@H](NC(=O)c2ccccc2)c2n[nH]c(=O)c3ccccc23)cc1. The van der Waals surface area contributed by atoms with Gasteiger partial charge in [-0.05, 0) is 35.2 Å². The molecule has 176 valence electrons. The van der Waals surface area contributed by atoms with E-state index in [1.807, 2.05) is 24.3 Å². The first-order chi connectivity index (χ1) is 16.9. The molecular weight excluding hydrogens is 442 g/mol. The number of aromatic amines is 1. The van der Waals surface area contributed by atoms with Crippen LogP contribution in [0.4, 0.5) is 0 Å². The molecular formula is C27H25N5O3. The fourth-order valence-electron chi connectivity index (χ4n) is 3.62. The third-order valence-electron chi connectivity index (χ3n) is 5.56. The molecule has 2 amide bonds. The van der Waals surface area contributed by atoms with Crippen molar-refractivity contribution in [2.24, 2.45) is 5.10 Å². The monoisotopic (exact) mass is 467 g/mol. The molecule has 35 heavy (non-hydrogen) atoms. The van der Waals surface area contributed by atoms with Crippen molar-refractivity contribution < 1.29 is 9.59 Å². The van der Waals surface area contributed by atoms with Gasteiger partial charge in [-0.2, -0.15) is 10.2 Å². The molecule has 8 nitrogen and oxygen atoms in total. The van der Waals surface area contributed by atoms with Gasteiger partial charge in [0, 0.05) is 10.9 Å². The summed E-state index contributed by atoms with van der Waals surface area (Å²) in [6.07, 6.45) is 1.52. The van der Waals surface area contributed by atoms with Crippen molar-refractivity contribution in [2.75, 3.05) is 0 Å². The van der Waals surface area contributed by atoms with Crippen LogP contribution in [0.3, 0.4) is 0 Å². The van der Waals surface area contributed by atoms with Crippen LogP contribution in [-0.4, -0.2) is 28.2 Å². The minimum atomic E-state index is -1.20. The molecule has 0 aliphatic heterocycles. The highest BCUT2D eigenvalue weighted by molar-refractivity contribution is 5.99. The number of carbonyl (C=O) groups is 2. The number of fused-ring (bicyclic) bond motifs is 1. The van der Waals surface area contributed by atoms with Gasteiger partial charge in [-0.1, -0.05) is 74.5 Å². The molecule has 4 rings (SSSR count). The zero-order valence-corrected chi connectivity index (χ0v) is 19.4. The summed E-state index contributed by atoms with van der Waals surface area (Å²) >= 11 is 0. The van der Waals surface area contributed by atoms with Gasteiger partial charge >= 0.3 is 0 Å². The van der Waals surface area contributed by atoms with E-state index in [0.717, 1.165) is 5.56 Å². The van der Waals surface area contributed by atoms with Crippen LogP contribution in [0.2, 0.25) is 0 Å². The summed E-state index contributed by atoms with van der Waals surface area (Å²) in [5.41, 5.74) is 4.70. The molecule has 0 aliphatic rings. The van der Waals surface area contributed by atoms with Crippen molar-refractivity contribution in [3.05, 3.63) is 112 Å². The first-order valence-electron chi connectivity index (χ1n) is 11.2. The van der Waals surface area contributed by atoms with Crippen LogP contribution in [0, 0.1) is 0 Å². The van der Waals surface area contributed by atoms with Crippen molar-refractivity contribution in [1.29, 1.82) is 0 Å². The lowest BCUT2D eigenvalue weighted by Crippen LogP contribution is -2.40. The summed E-state index contributed by atoms with van der Waals surface area (Å²) < 4.78 is 0. The summed E-state index contributed by atoms with van der Waals surface area (Å²) in [4.78, 5) is 38.3. The maximum atomic E-state index is 13.2. The Kier molecular flexibility index (Phi) is 7.11. The zero-order valence-electron chi connectivity index (χ0n) is 19.4. The maximum absolute atomic E-state index is 13.2. The van der Waals surface area contributed by atoms with Gasteiger partial charge in [-0.25, -0.2) is 10.5 Å². The van der Waals surface area contributed by atoms with Gasteiger partial charge < -0.3 is 5.32 Å². The van der Waals surface area contributed by atoms with Gasteiger partial charge in [-0.3, -0.25) is 14.4 Å². The fraction of sp³-hybridized carbons (Fsp3) is 0.148. The Bertz CT molecular complexity index is 1430. The highest BCUT2D eigenvalue weighted by atomic mass is 16.2. The molecule has 1 atom stereocenters. The maximum Gasteiger partial charge on any atom is 0.272 e. The van der Waals surface area contributed by atoms with Crippen molar-refractivity contribution in [3.63, 3.8) is 0 Å². The first-order valence-corrected chi connectivity index (χ1v) is 11.2. The zero-order chi connectivity index (χ0) is 24.8. The number of rotatable bonds is 7. The summed E-state index contributed by atoms with van der Waals surface area (Å²) in [5, 5.41) is 14.1. The van der Waals surface area contributed by atoms with Crippen LogP contribution >= 0.6 is 0 Å². The lowest BCUT2D eigenvalue weighted by atomic mass is 10.0. The first kappa shape index (κ1) is 23.6. The molecule has 0 unspecified atom stereocenters. The minimum Gasteiger partial charge on any atom is -0.335 e. The minimum absolute atomic E-state index is 0.207. The van der Waals surface area contributed by atoms with Crippen LogP contribution in [0.5, 0.6) is 0 Å². The number of amides is 2. The van der Waals surface area contributed by atoms with E-state index in [9.17, 15) is 14.4 Å². The van der Waals surface area contributed by atoms with Crippen LogP contribution in [0.25, 0.3) is 10.8 Å². The highest BCUT2D eigenvalue weighted by Crippen LogP contribution is 2.20. The van der Waals surface area contributed by atoms with E-state index in [4.69, 9.17) is 0 Å². The van der Waals surface area contributed by atoms with Gasteiger partial charge in [0.15, 0.2) is 6.04 Å². The number of hydrogen-bond donors (Lipinski definition) is 3. The fourth-order valence-corrected chi connectivity index (χ4v) is 3.62. The third-order valence-corrected chi connectivity index (χ3v) is 5.56. The van der Waals surface area contributed by atoms with E-state index in [1.54, 1.807) is 54.6 Å². The number of benzene rings is 3. The number of nitrogens with zero attached hydrogens (tertiary/aromatic N) is 2. The number of carbonyl (C=O) groups excluding carboxylic acids is 2. The molecule has 0 fully saturated rings. The van der Waals surface area contributed by atoms with Gasteiger partial charge in [-0.15, -0.1) is 0 Å². The van der Waals surface area contributed by atoms with Crippen molar-refractivity contribution >= 4 is 28.8 Å².